The van der Waals surface area contributed by atoms with Gasteiger partial charge in [-0.2, -0.15) is 0 Å². The third kappa shape index (κ3) is 2.33. The first kappa shape index (κ1) is 15.4. The maximum Gasteiger partial charge on any atom is 0.261 e. The maximum atomic E-state index is 12.9. The van der Waals surface area contributed by atoms with E-state index >= 15 is 0 Å². The van der Waals surface area contributed by atoms with Crippen LogP contribution in [0, 0.1) is 0 Å². The molecule has 2 heterocycles. The second-order valence-corrected chi connectivity index (χ2v) is 5.61. The van der Waals surface area contributed by atoms with Gasteiger partial charge in [0, 0.05) is 18.5 Å². The number of aromatic nitrogens is 1. The van der Waals surface area contributed by atoms with E-state index in [-0.39, 0.29) is 16.9 Å². The van der Waals surface area contributed by atoms with Crippen LogP contribution in [0.1, 0.15) is 26.3 Å². The second kappa shape index (κ2) is 5.58. The predicted octanol–water partition coefficient (Wildman–Crippen LogP) is 0.973. The Kier molecular flexibility index (Phi) is 3.73. The number of guanidine groups is 1. The molecule has 122 valence electrons. The lowest BCUT2D eigenvalue weighted by Crippen LogP contribution is -2.49. The monoisotopic (exact) mass is 315 g/mol. The van der Waals surface area contributed by atoms with Crippen molar-refractivity contribution in [2.24, 2.45) is 4.99 Å². The van der Waals surface area contributed by atoms with Crippen molar-refractivity contribution in [3.05, 3.63) is 40.2 Å². The Balaban J connectivity index is 2.26. The molecule has 0 aliphatic carbocycles. The highest BCUT2D eigenvalue weighted by atomic mass is 16.3. The fraction of sp³-hybridized carbons (Fsp3) is 0.375. The number of aliphatic imine (C=N–C) groups is 1. The second-order valence-electron chi connectivity index (χ2n) is 5.61. The molecule has 1 saturated heterocycles. The van der Waals surface area contributed by atoms with E-state index in [0.29, 0.717) is 24.4 Å². The fourth-order valence-corrected chi connectivity index (χ4v) is 3.00. The Bertz CT molecular complexity index is 842. The first-order valence-electron chi connectivity index (χ1n) is 7.72. The van der Waals surface area contributed by atoms with E-state index in [1.165, 1.54) is 0 Å². The molecule has 1 unspecified atom stereocenters. The molecule has 1 fully saturated rings. The summed E-state index contributed by atoms with van der Waals surface area (Å²) < 4.78 is 1.66. The van der Waals surface area contributed by atoms with E-state index in [1.807, 2.05) is 38.1 Å². The van der Waals surface area contributed by atoms with Gasteiger partial charge in [0.25, 0.3) is 5.56 Å². The molecule has 7 nitrogen and oxygen atoms in total. The van der Waals surface area contributed by atoms with E-state index in [2.05, 4.69) is 21.2 Å². The number of rotatable bonds is 3. The SMILES string of the molecule is CCN=C1NNC(C)(c2c(O)c3ccccc3n(CC)c2=O)N1. The molecule has 1 aromatic carbocycles. The molecule has 0 spiro atoms. The quantitative estimate of drug-likeness (QED) is 0.678. The van der Waals surface area contributed by atoms with Crippen molar-refractivity contribution in [1.82, 2.24) is 20.7 Å². The van der Waals surface area contributed by atoms with Crippen molar-refractivity contribution in [2.75, 3.05) is 6.54 Å². The number of nitrogens with one attached hydrogen (secondary N) is 3. The number of aryl methyl sites for hydroxylation is 1. The number of benzene rings is 1. The third-order valence-electron chi connectivity index (χ3n) is 4.08. The molecule has 0 saturated carbocycles. The highest BCUT2D eigenvalue weighted by Crippen LogP contribution is 2.32. The summed E-state index contributed by atoms with van der Waals surface area (Å²) >= 11 is 0. The third-order valence-corrected chi connectivity index (χ3v) is 4.08. The highest BCUT2D eigenvalue weighted by molar-refractivity contribution is 5.88. The fourth-order valence-electron chi connectivity index (χ4n) is 3.00. The summed E-state index contributed by atoms with van der Waals surface area (Å²) in [5, 5.41) is 14.5. The molecule has 1 aliphatic heterocycles. The smallest absolute Gasteiger partial charge is 0.261 e. The molecule has 2 aromatic rings. The molecular formula is C16H21N5O2. The number of para-hydroxylation sites is 1. The van der Waals surface area contributed by atoms with E-state index in [4.69, 9.17) is 0 Å². The molecule has 0 amide bonds. The minimum absolute atomic E-state index is 0.0163. The molecule has 0 bridgehead atoms. The van der Waals surface area contributed by atoms with Crippen LogP contribution in [0.5, 0.6) is 5.75 Å². The van der Waals surface area contributed by atoms with E-state index in [0.717, 1.165) is 5.52 Å². The van der Waals surface area contributed by atoms with Gasteiger partial charge in [0.05, 0.1) is 5.52 Å². The topological polar surface area (TPSA) is 90.7 Å². The van der Waals surface area contributed by atoms with Gasteiger partial charge in [-0.1, -0.05) is 12.1 Å². The number of hydrazine groups is 1. The van der Waals surface area contributed by atoms with Crippen LogP contribution in [-0.2, 0) is 12.2 Å². The van der Waals surface area contributed by atoms with Crippen molar-refractivity contribution >= 4 is 16.9 Å². The zero-order chi connectivity index (χ0) is 16.6. The van der Waals surface area contributed by atoms with Gasteiger partial charge in [-0.25, -0.2) is 5.43 Å². The average Bonchev–Trinajstić information content (AvgIpc) is 2.90. The Morgan fingerprint density at radius 1 is 1.30 bits per heavy atom. The van der Waals surface area contributed by atoms with E-state index in [9.17, 15) is 9.90 Å². The van der Waals surface area contributed by atoms with Crippen molar-refractivity contribution in [3.8, 4) is 5.75 Å². The number of pyridine rings is 1. The average molecular weight is 315 g/mol. The van der Waals surface area contributed by atoms with Crippen LogP contribution in [0.4, 0.5) is 0 Å². The summed E-state index contributed by atoms with van der Waals surface area (Å²) in [5.41, 5.74) is 5.74. The molecule has 1 aliphatic rings. The van der Waals surface area contributed by atoms with Gasteiger partial charge in [0.15, 0.2) is 0 Å². The van der Waals surface area contributed by atoms with Gasteiger partial charge < -0.3 is 15.0 Å². The molecule has 7 heteroatoms. The van der Waals surface area contributed by atoms with Crippen molar-refractivity contribution in [1.29, 1.82) is 0 Å². The van der Waals surface area contributed by atoms with Crippen molar-refractivity contribution in [2.45, 2.75) is 33.0 Å². The van der Waals surface area contributed by atoms with Gasteiger partial charge in [-0.15, -0.1) is 0 Å². The Morgan fingerprint density at radius 3 is 2.74 bits per heavy atom. The lowest BCUT2D eigenvalue weighted by molar-refractivity contribution is 0.345. The first-order valence-corrected chi connectivity index (χ1v) is 7.72. The summed E-state index contributed by atoms with van der Waals surface area (Å²) in [6.45, 7) is 6.75. The van der Waals surface area contributed by atoms with Crippen LogP contribution >= 0.6 is 0 Å². The summed E-state index contributed by atoms with van der Waals surface area (Å²) in [7, 11) is 0. The zero-order valence-electron chi connectivity index (χ0n) is 13.5. The standard InChI is InChI=1S/C16H21N5O2/c1-4-17-15-18-16(3,20-19-15)12-13(22)10-8-6-7-9-11(10)21(5-2)14(12)23/h6-9,20,22H,4-5H2,1-3H3,(H2,17,18,19). The van der Waals surface area contributed by atoms with Gasteiger partial charge in [0.2, 0.25) is 5.96 Å². The normalized spacial score (nSPS) is 22.3. The Labute approximate surface area is 134 Å². The van der Waals surface area contributed by atoms with Crippen LogP contribution in [0.2, 0.25) is 0 Å². The molecular weight excluding hydrogens is 294 g/mol. The Hall–Kier alpha value is -2.54. The highest BCUT2D eigenvalue weighted by Gasteiger charge is 2.39. The van der Waals surface area contributed by atoms with Gasteiger partial charge in [-0.05, 0) is 32.9 Å². The predicted molar refractivity (Wildman–Crippen MR) is 90.3 cm³/mol. The van der Waals surface area contributed by atoms with Crippen LogP contribution in [0.15, 0.2) is 34.1 Å². The van der Waals surface area contributed by atoms with Crippen molar-refractivity contribution in [3.63, 3.8) is 0 Å². The zero-order valence-corrected chi connectivity index (χ0v) is 13.5. The van der Waals surface area contributed by atoms with Gasteiger partial charge in [0.1, 0.15) is 17.0 Å². The van der Waals surface area contributed by atoms with Crippen LogP contribution in [-0.4, -0.2) is 22.2 Å². The molecule has 23 heavy (non-hydrogen) atoms. The number of fused-ring (bicyclic) bond motifs is 1. The summed E-state index contributed by atoms with van der Waals surface area (Å²) in [4.78, 5) is 17.2. The number of nitrogens with zero attached hydrogens (tertiary/aromatic N) is 2. The Morgan fingerprint density at radius 2 is 2.04 bits per heavy atom. The van der Waals surface area contributed by atoms with Crippen LogP contribution in [0.25, 0.3) is 10.9 Å². The minimum atomic E-state index is -0.948. The van der Waals surface area contributed by atoms with Crippen molar-refractivity contribution < 1.29 is 5.11 Å². The molecule has 1 atom stereocenters. The van der Waals surface area contributed by atoms with Crippen LogP contribution < -0.4 is 21.7 Å². The summed E-state index contributed by atoms with van der Waals surface area (Å²) in [6, 6.07) is 7.35. The lowest BCUT2D eigenvalue weighted by atomic mass is 10.00. The summed E-state index contributed by atoms with van der Waals surface area (Å²) in [6.07, 6.45) is 0. The molecule has 1 aromatic heterocycles. The van der Waals surface area contributed by atoms with Gasteiger partial charge in [-0.3, -0.25) is 15.2 Å². The first-order chi connectivity index (χ1) is 11.0. The summed E-state index contributed by atoms with van der Waals surface area (Å²) in [5.74, 6) is 0.530. The lowest BCUT2D eigenvalue weighted by Gasteiger charge is -2.26. The number of hydrogen-bond donors (Lipinski definition) is 4. The number of hydrogen-bond acceptors (Lipinski definition) is 4. The van der Waals surface area contributed by atoms with Gasteiger partial charge >= 0.3 is 0 Å². The molecule has 4 N–H and O–H groups in total. The van der Waals surface area contributed by atoms with E-state index in [1.54, 1.807) is 11.5 Å². The molecule has 0 radical (unpaired) electrons. The largest absolute Gasteiger partial charge is 0.507 e. The van der Waals surface area contributed by atoms with Crippen LogP contribution in [0.3, 0.4) is 0 Å². The molecule has 3 rings (SSSR count). The number of aromatic hydroxyl groups is 1. The minimum Gasteiger partial charge on any atom is -0.507 e. The maximum absolute atomic E-state index is 12.9. The van der Waals surface area contributed by atoms with E-state index < -0.39 is 5.66 Å².